The molecular weight excluding hydrogens is 1010 g/mol. The zero-order valence-corrected chi connectivity index (χ0v) is 44.0. The Morgan fingerprint density at radius 2 is 1.17 bits per heavy atom. The monoisotopic (exact) mass is 1080 g/mol. The normalized spacial score (nSPS) is 42.5. The van der Waals surface area contributed by atoms with Gasteiger partial charge in [-0.1, -0.05) is 0 Å². The predicted octanol–water partition coefficient (Wildman–Crippen LogP) is -0.249. The van der Waals surface area contributed by atoms with Gasteiger partial charge in [0.05, 0.1) is 77.6 Å². The third kappa shape index (κ3) is 11.9. The molecule has 0 saturated carbocycles. The average molecular weight is 1090 g/mol. The van der Waals surface area contributed by atoms with Crippen molar-refractivity contribution in [1.29, 1.82) is 0 Å². The van der Waals surface area contributed by atoms with E-state index in [-0.39, 0.29) is 71.7 Å². The predicted molar refractivity (Wildman–Crippen MR) is 259 cm³/mol. The van der Waals surface area contributed by atoms with Gasteiger partial charge in [0.2, 0.25) is 6.29 Å². The van der Waals surface area contributed by atoms with Crippen LogP contribution in [0.1, 0.15) is 102 Å². The first-order valence-corrected chi connectivity index (χ1v) is 26.0. The Morgan fingerprint density at radius 3 is 1.70 bits per heavy atom. The Bertz CT molecular complexity index is 2350. The van der Waals surface area contributed by atoms with Crippen LogP contribution in [0.5, 0.6) is 17.2 Å². The van der Waals surface area contributed by atoms with Gasteiger partial charge in [0.25, 0.3) is 0 Å². The number of carbonyl (C=O) groups is 2. The lowest BCUT2D eigenvalue weighted by Gasteiger charge is -2.46. The minimum absolute atomic E-state index is 0.0365. The SMILES string of the molecule is CO[C@H](C(=O)[C@@H](O)[C@@H](C)O)[C@@H]1Cc2cc3cc(O[C@H]4C[C@@H](O[C@H]5C[C@@H](O)[C@H](O)[C@@H](C)O5)[C@H](O)[C@@H](C)O4)c(C)c(O)c3c(O)c2C(=O)[C@H]1O[C@H]1C[C@@H](O[C@H]2C[C@@H](O[C@H]3C[C@](C)(O)[C@H](O)[C@@H](C)O3)[C@@H](O)[C@H](C)O2)[C@H](O)[C@@H](C)O1. The van der Waals surface area contributed by atoms with Crippen LogP contribution in [0.2, 0.25) is 0 Å². The van der Waals surface area contributed by atoms with Crippen LogP contribution in [-0.4, -0.2) is 222 Å². The summed E-state index contributed by atoms with van der Waals surface area (Å²) in [5.74, 6) is -4.07. The molecule has 11 N–H and O–H groups in total. The molecule has 0 unspecified atom stereocenters. The molecule has 5 saturated heterocycles. The Hall–Kier alpha value is -3.32. The van der Waals surface area contributed by atoms with E-state index in [1.807, 2.05) is 0 Å². The lowest BCUT2D eigenvalue weighted by Crippen LogP contribution is -2.58. The molecule has 5 aliphatic heterocycles. The smallest absolute Gasteiger partial charge is 0.202 e. The first kappa shape index (κ1) is 58.8. The minimum atomic E-state index is -1.95. The Kier molecular flexibility index (Phi) is 18.1. The number of rotatable bonds is 15. The number of aliphatic hydroxyl groups is 9. The average Bonchev–Trinajstić information content (AvgIpc) is 3.38. The maximum absolute atomic E-state index is 15.0. The van der Waals surface area contributed by atoms with Crippen LogP contribution in [0, 0.1) is 12.8 Å². The quantitative estimate of drug-likeness (QED) is 0.110. The molecule has 24 nitrogen and oxygen atoms in total. The van der Waals surface area contributed by atoms with Crippen LogP contribution in [-0.2, 0) is 58.6 Å². The Balaban J connectivity index is 1.04. The molecule has 25 atom stereocenters. The van der Waals surface area contributed by atoms with Gasteiger partial charge in [0.15, 0.2) is 36.7 Å². The van der Waals surface area contributed by atoms with Crippen LogP contribution in [0.3, 0.4) is 0 Å². The maximum atomic E-state index is 15.0. The highest BCUT2D eigenvalue weighted by Crippen LogP contribution is 2.47. The number of ketones is 2. The number of carbonyl (C=O) groups excluding carboxylic acids is 2. The fraction of sp³-hybridized carbons (Fsp3) is 0.769. The number of phenolic OH excluding ortho intramolecular Hbond substituents is 2. The molecular formula is C52H76O24. The molecule has 0 spiro atoms. The molecule has 5 heterocycles. The molecule has 2 aromatic rings. The topological polar surface area (TPSA) is 358 Å². The number of aliphatic hydroxyl groups excluding tert-OH is 8. The Labute approximate surface area is 439 Å². The van der Waals surface area contributed by atoms with Crippen molar-refractivity contribution in [2.45, 2.75) is 241 Å². The molecule has 8 rings (SSSR count). The van der Waals surface area contributed by atoms with Crippen molar-refractivity contribution in [2.24, 2.45) is 5.92 Å². The molecule has 0 aromatic heterocycles. The number of fused-ring (bicyclic) bond motifs is 2. The second kappa shape index (κ2) is 23.4. The zero-order valence-electron chi connectivity index (χ0n) is 44.0. The van der Waals surface area contributed by atoms with Crippen molar-refractivity contribution in [2.75, 3.05) is 7.11 Å². The number of phenols is 2. The lowest BCUT2D eigenvalue weighted by molar-refractivity contribution is -0.334. The highest BCUT2D eigenvalue weighted by atomic mass is 16.7. The number of benzene rings is 2. The van der Waals surface area contributed by atoms with Gasteiger partial charge >= 0.3 is 0 Å². The summed E-state index contributed by atoms with van der Waals surface area (Å²) in [4.78, 5) is 28.9. The molecule has 428 valence electrons. The maximum Gasteiger partial charge on any atom is 0.202 e. The second-order valence-electron chi connectivity index (χ2n) is 21.7. The molecule has 5 fully saturated rings. The van der Waals surface area contributed by atoms with E-state index in [9.17, 15) is 61.0 Å². The van der Waals surface area contributed by atoms with Crippen LogP contribution >= 0.6 is 0 Å². The molecule has 0 radical (unpaired) electrons. The lowest BCUT2D eigenvalue weighted by atomic mass is 9.75. The third-order valence-electron chi connectivity index (χ3n) is 15.9. The second-order valence-corrected chi connectivity index (χ2v) is 21.7. The fourth-order valence-electron chi connectivity index (χ4n) is 11.3. The van der Waals surface area contributed by atoms with Crippen molar-refractivity contribution in [3.63, 3.8) is 0 Å². The standard InChI is InChI=1S/C52H76O24/c1-18-29(72-34-14-30(43(58)21(4)68-34)73-33-13-28(54)42(57)20(3)67-33)12-26-10-25-11-27(49(66-9)48(63)41(56)19(2)53)50(47(62)39(25)46(61)38(26)40(18)55)76-36-16-31(44(59)23(6)70-36)74-35-15-32(45(60)22(5)69-35)75-37-17-52(8,65)51(64)24(7)71-37/h10,12,19-24,27-28,30-37,41-45,49-51,53-61,64-65H,11,13-17H2,1-9H3/t19-,20-,21-,22+,23-,24-,27+,28-,30-,31-,32-,33+,34+,35+,36+,37+,41+,42-,43-,44-,45+,49+,50+,51-,52+/m1/s1. The van der Waals surface area contributed by atoms with Gasteiger partial charge in [-0.15, -0.1) is 0 Å². The number of hydrogen-bond acceptors (Lipinski definition) is 24. The first-order valence-electron chi connectivity index (χ1n) is 26.0. The largest absolute Gasteiger partial charge is 0.507 e. The summed E-state index contributed by atoms with van der Waals surface area (Å²) < 4.78 is 66.5. The van der Waals surface area contributed by atoms with Gasteiger partial charge in [0, 0.05) is 50.7 Å². The molecule has 0 amide bonds. The molecule has 76 heavy (non-hydrogen) atoms. The number of hydrogen-bond donors (Lipinski definition) is 11. The van der Waals surface area contributed by atoms with Crippen molar-refractivity contribution in [1.82, 2.24) is 0 Å². The highest BCUT2D eigenvalue weighted by Gasteiger charge is 2.51. The fourth-order valence-corrected chi connectivity index (χ4v) is 11.3. The van der Waals surface area contributed by atoms with Gasteiger partial charge in [0.1, 0.15) is 66.1 Å². The summed E-state index contributed by atoms with van der Waals surface area (Å²) in [5, 5.41) is 120. The van der Waals surface area contributed by atoms with E-state index >= 15 is 4.79 Å². The van der Waals surface area contributed by atoms with Crippen LogP contribution < -0.4 is 4.74 Å². The van der Waals surface area contributed by atoms with Gasteiger partial charge in [-0.2, -0.15) is 0 Å². The van der Waals surface area contributed by atoms with E-state index in [0.29, 0.717) is 0 Å². The van der Waals surface area contributed by atoms with Crippen LogP contribution in [0.15, 0.2) is 12.1 Å². The minimum Gasteiger partial charge on any atom is -0.507 e. The third-order valence-corrected chi connectivity index (χ3v) is 15.9. The summed E-state index contributed by atoms with van der Waals surface area (Å²) in [6.07, 6.45) is -27.0. The van der Waals surface area contributed by atoms with Crippen molar-refractivity contribution >= 4 is 22.3 Å². The van der Waals surface area contributed by atoms with Crippen molar-refractivity contribution < 1.29 is 118 Å². The van der Waals surface area contributed by atoms with E-state index in [0.717, 1.165) is 0 Å². The van der Waals surface area contributed by atoms with Gasteiger partial charge in [-0.25, -0.2) is 0 Å². The molecule has 2 aromatic carbocycles. The first-order chi connectivity index (χ1) is 35.7. The summed E-state index contributed by atoms with van der Waals surface area (Å²) in [7, 11) is 1.18. The van der Waals surface area contributed by atoms with Gasteiger partial charge in [-0.05, 0) is 84.9 Å². The number of ether oxygens (including phenoxy) is 11. The summed E-state index contributed by atoms with van der Waals surface area (Å²) >= 11 is 0. The Morgan fingerprint density at radius 1 is 0.684 bits per heavy atom. The van der Waals surface area contributed by atoms with E-state index < -0.39 is 176 Å². The number of Topliss-reactive ketones (excluding diaryl/α,β-unsaturated/α-hetero) is 2. The van der Waals surface area contributed by atoms with Crippen molar-refractivity contribution in [3.05, 3.63) is 28.8 Å². The molecule has 24 heteroatoms. The zero-order chi connectivity index (χ0) is 55.6. The van der Waals surface area contributed by atoms with E-state index in [1.54, 1.807) is 27.7 Å². The molecule has 6 aliphatic rings. The van der Waals surface area contributed by atoms with Crippen LogP contribution in [0.4, 0.5) is 0 Å². The highest BCUT2D eigenvalue weighted by molar-refractivity contribution is 6.11. The molecule has 0 bridgehead atoms. The van der Waals surface area contributed by atoms with Gasteiger partial charge in [-0.3, -0.25) is 9.59 Å². The van der Waals surface area contributed by atoms with E-state index in [2.05, 4.69) is 0 Å². The van der Waals surface area contributed by atoms with E-state index in [4.69, 9.17) is 52.1 Å². The van der Waals surface area contributed by atoms with Crippen LogP contribution in [0.25, 0.3) is 10.8 Å². The summed E-state index contributed by atoms with van der Waals surface area (Å²) in [6.45, 7) is 12.1. The van der Waals surface area contributed by atoms with E-state index in [1.165, 1.54) is 46.9 Å². The van der Waals surface area contributed by atoms with Gasteiger partial charge < -0.3 is 108 Å². The molecule has 1 aliphatic carbocycles. The summed E-state index contributed by atoms with van der Waals surface area (Å²) in [6, 6.07) is 3.03. The summed E-state index contributed by atoms with van der Waals surface area (Å²) in [5.41, 5.74) is -1.47. The number of aromatic hydroxyl groups is 2. The van der Waals surface area contributed by atoms with Crippen molar-refractivity contribution in [3.8, 4) is 17.2 Å². The number of methoxy groups -OCH3 is 1.